The first-order valence-corrected chi connectivity index (χ1v) is 6.87. The summed E-state index contributed by atoms with van der Waals surface area (Å²) in [5.74, 6) is 1.62. The molecule has 0 radical (unpaired) electrons. The average Bonchev–Trinajstić information content (AvgIpc) is 3.08. The number of hydrogen-bond donors (Lipinski definition) is 1. The Kier molecular flexibility index (Phi) is 3.21. The van der Waals surface area contributed by atoms with Crippen molar-refractivity contribution in [3.63, 3.8) is 0 Å². The standard InChI is InChI=1S/C16H13NOS/c17-15-6-2-1-5-14(15)16-10-8-12(18-16)7-9-13-4-3-11-19-13/h1-11H,17H2/b9-7+. The van der Waals surface area contributed by atoms with Crippen LogP contribution >= 0.6 is 11.3 Å². The summed E-state index contributed by atoms with van der Waals surface area (Å²) in [7, 11) is 0. The second kappa shape index (κ2) is 5.16. The fourth-order valence-corrected chi connectivity index (χ4v) is 2.48. The lowest BCUT2D eigenvalue weighted by atomic mass is 10.1. The van der Waals surface area contributed by atoms with Gasteiger partial charge in [-0.3, -0.25) is 0 Å². The lowest BCUT2D eigenvalue weighted by molar-refractivity contribution is 0.572. The molecular weight excluding hydrogens is 254 g/mol. The second-order valence-electron chi connectivity index (χ2n) is 4.14. The van der Waals surface area contributed by atoms with Crippen LogP contribution in [-0.4, -0.2) is 0 Å². The van der Waals surface area contributed by atoms with Crippen molar-refractivity contribution in [3.05, 3.63) is 64.5 Å². The minimum atomic E-state index is 0.727. The molecule has 0 aliphatic rings. The van der Waals surface area contributed by atoms with Gasteiger partial charge in [-0.25, -0.2) is 0 Å². The summed E-state index contributed by atoms with van der Waals surface area (Å²) in [6.07, 6.45) is 4.01. The van der Waals surface area contributed by atoms with E-state index in [0.29, 0.717) is 0 Å². The van der Waals surface area contributed by atoms with Crippen LogP contribution < -0.4 is 5.73 Å². The highest BCUT2D eigenvalue weighted by atomic mass is 32.1. The van der Waals surface area contributed by atoms with Gasteiger partial charge in [0.05, 0.1) is 0 Å². The molecule has 0 aliphatic heterocycles. The van der Waals surface area contributed by atoms with Crippen LogP contribution in [-0.2, 0) is 0 Å². The number of hydrogen-bond acceptors (Lipinski definition) is 3. The number of nitrogens with two attached hydrogens (primary N) is 1. The van der Waals surface area contributed by atoms with Crippen LogP contribution in [0.1, 0.15) is 10.6 Å². The first-order chi connectivity index (χ1) is 9.33. The van der Waals surface area contributed by atoms with E-state index in [0.717, 1.165) is 22.8 Å². The largest absolute Gasteiger partial charge is 0.457 e. The predicted molar refractivity (Wildman–Crippen MR) is 81.8 cm³/mol. The molecule has 0 bridgehead atoms. The monoisotopic (exact) mass is 267 g/mol. The number of anilines is 1. The van der Waals surface area contributed by atoms with E-state index in [1.165, 1.54) is 4.88 Å². The summed E-state index contributed by atoms with van der Waals surface area (Å²) in [6, 6.07) is 15.7. The molecule has 0 fully saturated rings. The molecule has 0 amide bonds. The average molecular weight is 267 g/mol. The fourth-order valence-electron chi connectivity index (χ4n) is 1.86. The van der Waals surface area contributed by atoms with Gasteiger partial charge in [0.2, 0.25) is 0 Å². The Bertz CT molecular complexity index is 695. The summed E-state index contributed by atoms with van der Waals surface area (Å²) in [4.78, 5) is 1.21. The van der Waals surface area contributed by atoms with Crippen molar-refractivity contribution in [3.8, 4) is 11.3 Å². The van der Waals surface area contributed by atoms with Crippen molar-refractivity contribution in [2.75, 3.05) is 5.73 Å². The molecule has 0 spiro atoms. The zero-order chi connectivity index (χ0) is 13.1. The normalized spacial score (nSPS) is 11.2. The number of para-hydroxylation sites is 1. The number of rotatable bonds is 3. The van der Waals surface area contributed by atoms with E-state index < -0.39 is 0 Å². The van der Waals surface area contributed by atoms with Crippen LogP contribution in [0.15, 0.2) is 58.3 Å². The molecule has 0 saturated heterocycles. The van der Waals surface area contributed by atoms with Crippen LogP contribution in [0.4, 0.5) is 5.69 Å². The van der Waals surface area contributed by atoms with Gasteiger partial charge in [-0.2, -0.15) is 0 Å². The Labute approximate surface area is 115 Å². The highest BCUT2D eigenvalue weighted by Gasteiger charge is 2.05. The highest BCUT2D eigenvalue weighted by Crippen LogP contribution is 2.28. The van der Waals surface area contributed by atoms with Crippen molar-refractivity contribution in [1.29, 1.82) is 0 Å². The molecule has 2 aromatic heterocycles. The molecule has 0 unspecified atom stereocenters. The van der Waals surface area contributed by atoms with Crippen LogP contribution in [0.25, 0.3) is 23.5 Å². The highest BCUT2D eigenvalue weighted by molar-refractivity contribution is 7.10. The topological polar surface area (TPSA) is 39.2 Å². The van der Waals surface area contributed by atoms with Crippen molar-refractivity contribution in [2.24, 2.45) is 0 Å². The van der Waals surface area contributed by atoms with E-state index in [9.17, 15) is 0 Å². The Balaban J connectivity index is 1.86. The van der Waals surface area contributed by atoms with Crippen LogP contribution in [0.5, 0.6) is 0 Å². The summed E-state index contributed by atoms with van der Waals surface area (Å²) in [6.45, 7) is 0. The van der Waals surface area contributed by atoms with E-state index in [-0.39, 0.29) is 0 Å². The zero-order valence-corrected chi connectivity index (χ0v) is 11.1. The SMILES string of the molecule is Nc1ccccc1-c1ccc(/C=C/c2cccs2)o1. The maximum atomic E-state index is 5.94. The zero-order valence-electron chi connectivity index (χ0n) is 10.2. The van der Waals surface area contributed by atoms with Gasteiger partial charge in [0.1, 0.15) is 11.5 Å². The number of thiophene rings is 1. The summed E-state index contributed by atoms with van der Waals surface area (Å²) >= 11 is 1.70. The van der Waals surface area contributed by atoms with Gasteiger partial charge >= 0.3 is 0 Å². The number of benzene rings is 1. The van der Waals surface area contributed by atoms with Gasteiger partial charge in [-0.15, -0.1) is 11.3 Å². The van der Waals surface area contributed by atoms with Gasteiger partial charge in [-0.05, 0) is 47.9 Å². The van der Waals surface area contributed by atoms with Gasteiger partial charge in [0.25, 0.3) is 0 Å². The molecular formula is C16H13NOS. The Hall–Kier alpha value is -2.26. The first-order valence-electron chi connectivity index (χ1n) is 5.99. The third-order valence-corrected chi connectivity index (χ3v) is 3.65. The number of nitrogen functional groups attached to an aromatic ring is 1. The number of furan rings is 1. The molecule has 2 heterocycles. The predicted octanol–water partition coefficient (Wildman–Crippen LogP) is 4.76. The molecule has 3 rings (SSSR count). The van der Waals surface area contributed by atoms with Crippen molar-refractivity contribution in [2.45, 2.75) is 0 Å². The minimum Gasteiger partial charge on any atom is -0.457 e. The molecule has 3 aromatic rings. The lowest BCUT2D eigenvalue weighted by Crippen LogP contribution is -1.87. The van der Waals surface area contributed by atoms with Gasteiger partial charge in [0, 0.05) is 16.1 Å². The molecule has 2 nitrogen and oxygen atoms in total. The van der Waals surface area contributed by atoms with E-state index in [4.69, 9.17) is 10.2 Å². The summed E-state index contributed by atoms with van der Waals surface area (Å²) < 4.78 is 5.79. The van der Waals surface area contributed by atoms with Crippen LogP contribution in [0, 0.1) is 0 Å². The maximum Gasteiger partial charge on any atom is 0.136 e. The molecule has 2 N–H and O–H groups in total. The van der Waals surface area contributed by atoms with Crippen LogP contribution in [0.3, 0.4) is 0 Å². The van der Waals surface area contributed by atoms with Gasteiger partial charge in [0.15, 0.2) is 0 Å². The Morgan fingerprint density at radius 1 is 0.947 bits per heavy atom. The molecule has 19 heavy (non-hydrogen) atoms. The Morgan fingerprint density at radius 2 is 1.84 bits per heavy atom. The minimum absolute atomic E-state index is 0.727. The molecule has 94 valence electrons. The third-order valence-electron chi connectivity index (χ3n) is 2.81. The van der Waals surface area contributed by atoms with Gasteiger partial charge in [-0.1, -0.05) is 18.2 Å². The van der Waals surface area contributed by atoms with E-state index in [1.807, 2.05) is 54.6 Å². The fraction of sp³-hybridized carbons (Fsp3) is 0. The van der Waals surface area contributed by atoms with Crippen molar-refractivity contribution < 1.29 is 4.42 Å². The Morgan fingerprint density at radius 3 is 2.63 bits per heavy atom. The third kappa shape index (κ3) is 2.61. The smallest absolute Gasteiger partial charge is 0.136 e. The summed E-state index contributed by atoms with van der Waals surface area (Å²) in [5.41, 5.74) is 7.59. The van der Waals surface area contributed by atoms with Crippen LogP contribution in [0.2, 0.25) is 0 Å². The quantitative estimate of drug-likeness (QED) is 0.695. The summed E-state index contributed by atoms with van der Waals surface area (Å²) in [5, 5.41) is 2.05. The van der Waals surface area contributed by atoms with E-state index in [1.54, 1.807) is 11.3 Å². The van der Waals surface area contributed by atoms with Gasteiger partial charge < -0.3 is 10.2 Å². The molecule has 0 saturated carbocycles. The lowest BCUT2D eigenvalue weighted by Gasteiger charge is -2.00. The molecule has 3 heteroatoms. The first kappa shape index (κ1) is 11.8. The van der Waals surface area contributed by atoms with Crippen molar-refractivity contribution >= 4 is 29.2 Å². The van der Waals surface area contributed by atoms with E-state index in [2.05, 4.69) is 11.4 Å². The molecule has 0 atom stereocenters. The van der Waals surface area contributed by atoms with E-state index >= 15 is 0 Å². The van der Waals surface area contributed by atoms with Crippen molar-refractivity contribution in [1.82, 2.24) is 0 Å². The second-order valence-corrected chi connectivity index (χ2v) is 5.12. The molecule has 1 aromatic carbocycles. The maximum absolute atomic E-state index is 5.94. The molecule has 0 aliphatic carbocycles.